The van der Waals surface area contributed by atoms with Gasteiger partial charge in [-0.3, -0.25) is 4.79 Å². The third kappa shape index (κ3) is 5.29. The van der Waals surface area contributed by atoms with Gasteiger partial charge in [0.15, 0.2) is 6.61 Å². The molecule has 1 saturated heterocycles. The Morgan fingerprint density at radius 1 is 1.18 bits per heavy atom. The molecule has 34 heavy (non-hydrogen) atoms. The van der Waals surface area contributed by atoms with Crippen molar-refractivity contribution in [2.75, 3.05) is 26.8 Å². The Bertz CT molecular complexity index is 1090. The molecule has 3 atom stereocenters. The first kappa shape index (κ1) is 23.3. The van der Waals surface area contributed by atoms with Crippen LogP contribution < -0.4 is 10.1 Å². The minimum absolute atomic E-state index is 0.0114. The smallest absolute Gasteiger partial charge is 0.258 e. The van der Waals surface area contributed by atoms with Crippen LogP contribution in [0.1, 0.15) is 37.0 Å². The summed E-state index contributed by atoms with van der Waals surface area (Å²) in [6, 6.07) is 18.7. The summed E-state index contributed by atoms with van der Waals surface area (Å²) in [5.41, 5.74) is -0.0114. The van der Waals surface area contributed by atoms with Crippen molar-refractivity contribution >= 4 is 28.0 Å². The number of carbonyl (C=O) groups is 1. The maximum atomic E-state index is 13.0. The number of ether oxygens (including phenoxy) is 2. The van der Waals surface area contributed by atoms with Crippen LogP contribution in [-0.4, -0.2) is 55.3 Å². The van der Waals surface area contributed by atoms with E-state index in [9.17, 15) is 4.79 Å². The maximum absolute atomic E-state index is 13.0. The Balaban J connectivity index is 1.23. The van der Waals surface area contributed by atoms with E-state index in [1.54, 1.807) is 0 Å². The molecule has 1 aliphatic heterocycles. The number of benzene rings is 2. The molecule has 1 spiro atoms. The third-order valence-corrected chi connectivity index (χ3v) is 8.39. The molecule has 1 aliphatic carbocycles. The number of nitrogens with zero attached hydrogens (tertiary/aromatic N) is 1. The summed E-state index contributed by atoms with van der Waals surface area (Å²) >= 11 is 1.81. The monoisotopic (exact) mass is 478 g/mol. The van der Waals surface area contributed by atoms with Gasteiger partial charge in [0.2, 0.25) is 0 Å². The highest BCUT2D eigenvalue weighted by Gasteiger charge is 2.45. The van der Waals surface area contributed by atoms with Crippen LogP contribution in [-0.2, 0) is 16.0 Å². The van der Waals surface area contributed by atoms with E-state index in [1.165, 1.54) is 4.88 Å². The third-order valence-electron chi connectivity index (χ3n) is 7.45. The van der Waals surface area contributed by atoms with Crippen molar-refractivity contribution in [1.82, 2.24) is 10.2 Å². The predicted molar refractivity (Wildman–Crippen MR) is 138 cm³/mol. The molecule has 2 heterocycles. The Morgan fingerprint density at radius 2 is 2.06 bits per heavy atom. The molecule has 6 heteroatoms. The van der Waals surface area contributed by atoms with Crippen molar-refractivity contribution in [2.24, 2.45) is 0 Å². The van der Waals surface area contributed by atoms with Gasteiger partial charge in [0.1, 0.15) is 5.75 Å². The fourth-order valence-corrected chi connectivity index (χ4v) is 6.30. The lowest BCUT2D eigenvalue weighted by Crippen LogP contribution is -2.58. The van der Waals surface area contributed by atoms with Crippen LogP contribution in [0.25, 0.3) is 10.8 Å². The normalized spacial score (nSPS) is 24.6. The molecule has 1 aromatic heterocycles. The van der Waals surface area contributed by atoms with E-state index in [-0.39, 0.29) is 30.2 Å². The first-order valence-corrected chi connectivity index (χ1v) is 13.3. The Labute approximate surface area is 206 Å². The second-order valence-electron chi connectivity index (χ2n) is 9.70. The highest BCUT2D eigenvalue weighted by molar-refractivity contribution is 7.09. The van der Waals surface area contributed by atoms with Gasteiger partial charge in [0.05, 0.1) is 5.60 Å². The standard InChI is InChI=1S/C28H34N2O3S/c1-30(16-13-22-9-5-18-34-22)25-19-28(14-6-17-33-28)15-12-24(25)29-27(31)20-32-26-11-4-8-21-7-2-3-10-23(21)26/h2-5,7-11,18,24-25H,6,12-17,19-20H2,1H3,(H,29,31). The van der Waals surface area contributed by atoms with Gasteiger partial charge in [-0.05, 0) is 68.5 Å². The number of likely N-dealkylation sites (N-methyl/N-ethyl adjacent to an activating group) is 1. The fraction of sp³-hybridized carbons (Fsp3) is 0.464. The first-order valence-electron chi connectivity index (χ1n) is 12.4. The second kappa shape index (κ2) is 10.5. The van der Waals surface area contributed by atoms with Crippen molar-refractivity contribution in [1.29, 1.82) is 0 Å². The van der Waals surface area contributed by atoms with Gasteiger partial charge in [-0.1, -0.05) is 42.5 Å². The quantitative estimate of drug-likeness (QED) is 0.493. The Morgan fingerprint density at radius 3 is 2.88 bits per heavy atom. The van der Waals surface area contributed by atoms with Gasteiger partial charge in [-0.15, -0.1) is 11.3 Å². The van der Waals surface area contributed by atoms with Crippen molar-refractivity contribution < 1.29 is 14.3 Å². The van der Waals surface area contributed by atoms with Crippen LogP contribution in [0.4, 0.5) is 0 Å². The van der Waals surface area contributed by atoms with E-state index < -0.39 is 0 Å². The van der Waals surface area contributed by atoms with Crippen LogP contribution >= 0.6 is 11.3 Å². The molecule has 3 unspecified atom stereocenters. The van der Waals surface area contributed by atoms with E-state index >= 15 is 0 Å². The maximum Gasteiger partial charge on any atom is 0.258 e. The topological polar surface area (TPSA) is 50.8 Å². The van der Waals surface area contributed by atoms with Gasteiger partial charge in [-0.2, -0.15) is 0 Å². The number of hydrogen-bond acceptors (Lipinski definition) is 5. The number of hydrogen-bond donors (Lipinski definition) is 1. The fourth-order valence-electron chi connectivity index (χ4n) is 5.60. The molecule has 3 aromatic rings. The average molecular weight is 479 g/mol. The van der Waals surface area contributed by atoms with Gasteiger partial charge in [0, 0.05) is 35.5 Å². The van der Waals surface area contributed by atoms with Crippen LogP contribution in [0.2, 0.25) is 0 Å². The summed E-state index contributed by atoms with van der Waals surface area (Å²) in [6.07, 6.45) is 6.23. The lowest BCUT2D eigenvalue weighted by Gasteiger charge is -2.46. The predicted octanol–water partition coefficient (Wildman–Crippen LogP) is 5.04. The lowest BCUT2D eigenvalue weighted by atomic mass is 9.76. The molecule has 2 aliphatic rings. The van der Waals surface area contributed by atoms with Crippen LogP contribution in [0.5, 0.6) is 5.75 Å². The number of amides is 1. The molecule has 0 bridgehead atoms. The number of rotatable bonds is 8. The Hall–Kier alpha value is -2.41. The van der Waals surface area contributed by atoms with E-state index in [0.29, 0.717) is 0 Å². The van der Waals surface area contributed by atoms with Crippen molar-refractivity contribution in [3.8, 4) is 5.75 Å². The molecule has 1 N–H and O–H groups in total. The minimum atomic E-state index is -0.0575. The van der Waals surface area contributed by atoms with Crippen LogP contribution in [0.15, 0.2) is 60.0 Å². The molecule has 2 fully saturated rings. The van der Waals surface area contributed by atoms with Crippen molar-refractivity contribution in [3.05, 3.63) is 64.9 Å². The first-order chi connectivity index (χ1) is 16.6. The molecule has 5 rings (SSSR count). The molecule has 0 radical (unpaired) electrons. The summed E-state index contributed by atoms with van der Waals surface area (Å²) < 4.78 is 12.2. The molecule has 5 nitrogen and oxygen atoms in total. The van der Waals surface area contributed by atoms with Crippen molar-refractivity contribution in [3.63, 3.8) is 0 Å². The molecular weight excluding hydrogens is 444 g/mol. The van der Waals surface area contributed by atoms with E-state index in [0.717, 1.165) is 68.2 Å². The highest BCUT2D eigenvalue weighted by Crippen LogP contribution is 2.41. The lowest BCUT2D eigenvalue weighted by molar-refractivity contribution is -0.125. The van der Waals surface area contributed by atoms with Gasteiger partial charge >= 0.3 is 0 Å². The number of nitrogens with one attached hydrogen (secondary N) is 1. The summed E-state index contributed by atoms with van der Waals surface area (Å²) in [4.78, 5) is 16.8. The molecule has 2 aromatic carbocycles. The van der Waals surface area contributed by atoms with Gasteiger partial charge in [0.25, 0.3) is 5.91 Å². The summed E-state index contributed by atoms with van der Waals surface area (Å²) in [5, 5.41) is 7.59. The van der Waals surface area contributed by atoms with Gasteiger partial charge in [-0.25, -0.2) is 0 Å². The second-order valence-corrected chi connectivity index (χ2v) is 10.7. The summed E-state index contributed by atoms with van der Waals surface area (Å²) in [7, 11) is 2.19. The zero-order valence-electron chi connectivity index (χ0n) is 19.9. The Kier molecular flexibility index (Phi) is 7.18. The summed E-state index contributed by atoms with van der Waals surface area (Å²) in [6.45, 7) is 1.86. The summed E-state index contributed by atoms with van der Waals surface area (Å²) in [5.74, 6) is 0.692. The SMILES string of the molecule is CN(CCc1cccs1)C1CC2(CCCO2)CCC1NC(=O)COc1cccc2ccccc12. The highest BCUT2D eigenvalue weighted by atomic mass is 32.1. The van der Waals surface area contributed by atoms with E-state index in [1.807, 2.05) is 41.7 Å². The zero-order chi connectivity index (χ0) is 23.4. The zero-order valence-corrected chi connectivity index (χ0v) is 20.7. The van der Waals surface area contributed by atoms with Crippen LogP contribution in [0, 0.1) is 0 Å². The molecular formula is C28H34N2O3S. The van der Waals surface area contributed by atoms with E-state index in [2.05, 4.69) is 46.9 Å². The van der Waals surface area contributed by atoms with Crippen LogP contribution in [0.3, 0.4) is 0 Å². The van der Waals surface area contributed by atoms with Gasteiger partial charge < -0.3 is 19.7 Å². The average Bonchev–Trinajstić information content (AvgIpc) is 3.55. The molecule has 1 amide bonds. The largest absolute Gasteiger partial charge is 0.483 e. The number of thiophene rings is 1. The molecule has 1 saturated carbocycles. The number of fused-ring (bicyclic) bond motifs is 1. The minimum Gasteiger partial charge on any atom is -0.483 e. The van der Waals surface area contributed by atoms with E-state index in [4.69, 9.17) is 9.47 Å². The molecule has 180 valence electrons. The van der Waals surface area contributed by atoms with Crippen molar-refractivity contribution in [2.45, 2.75) is 56.2 Å². The number of carbonyl (C=O) groups excluding carboxylic acids is 1.